The average molecular weight is 420 g/mol. The van der Waals surface area contributed by atoms with Crippen molar-refractivity contribution in [3.05, 3.63) is 46.1 Å². The molecule has 2 aromatic heterocycles. The fourth-order valence-corrected chi connectivity index (χ4v) is 3.32. The van der Waals surface area contributed by atoms with E-state index in [0.717, 1.165) is 34.5 Å². The molecule has 0 radical (unpaired) electrons. The molecule has 2 heterocycles. The maximum absolute atomic E-state index is 6.20. The van der Waals surface area contributed by atoms with Crippen molar-refractivity contribution >= 4 is 35.0 Å². The highest BCUT2D eigenvalue weighted by Crippen LogP contribution is 2.31. The highest BCUT2D eigenvalue weighted by molar-refractivity contribution is 7.99. The summed E-state index contributed by atoms with van der Waals surface area (Å²) >= 11 is 13.7. The van der Waals surface area contributed by atoms with Gasteiger partial charge in [-0.25, -0.2) is 4.68 Å². The van der Waals surface area contributed by atoms with Crippen LogP contribution >= 0.6 is 35.0 Å². The Kier molecular flexibility index (Phi) is 7.58. The number of aromatic nitrogens is 4. The molecular weight excluding hydrogens is 405 g/mol. The van der Waals surface area contributed by atoms with Crippen LogP contribution in [0.2, 0.25) is 10.0 Å². The molecule has 1 aromatic carbocycles. The van der Waals surface area contributed by atoms with Crippen molar-refractivity contribution in [2.24, 2.45) is 7.05 Å². The summed E-state index contributed by atoms with van der Waals surface area (Å²) in [6.45, 7) is 1.46. The number of hydrogen-bond donors (Lipinski definition) is 1. The number of nitrogens with zero attached hydrogens (tertiary/aromatic N) is 4. The van der Waals surface area contributed by atoms with E-state index in [2.05, 4.69) is 20.8 Å². The Bertz CT molecular complexity index is 823. The van der Waals surface area contributed by atoms with Gasteiger partial charge in [0.15, 0.2) is 0 Å². The summed E-state index contributed by atoms with van der Waals surface area (Å²) in [5, 5.41) is 16.6. The topological polar surface area (TPSA) is 68.8 Å². The van der Waals surface area contributed by atoms with Crippen LogP contribution < -0.4 is 17.7 Å². The molecule has 0 spiro atoms. The van der Waals surface area contributed by atoms with Gasteiger partial charge in [-0.15, -0.1) is 5.10 Å². The second kappa shape index (κ2) is 9.45. The van der Waals surface area contributed by atoms with Crippen molar-refractivity contribution in [3.63, 3.8) is 0 Å². The third-order valence-corrected chi connectivity index (χ3v) is 4.81. The van der Waals surface area contributed by atoms with E-state index in [1.165, 1.54) is 0 Å². The first-order valence-electron chi connectivity index (χ1n) is 7.23. The number of hydrogen-bond acceptors (Lipinski definition) is 6. The third-order valence-electron chi connectivity index (χ3n) is 3.25. The number of rotatable bonds is 7. The number of tetrazole rings is 1. The lowest BCUT2D eigenvalue weighted by atomic mass is 10.2. The smallest absolute Gasteiger partial charge is 0.209 e. The number of halogens is 3. The molecule has 10 heteroatoms. The fourth-order valence-electron chi connectivity index (χ4n) is 2.08. The van der Waals surface area contributed by atoms with Gasteiger partial charge in [-0.2, -0.15) is 0 Å². The van der Waals surface area contributed by atoms with Crippen LogP contribution in [0.4, 0.5) is 0 Å². The van der Waals surface area contributed by atoms with Crippen LogP contribution in [-0.4, -0.2) is 32.5 Å². The van der Waals surface area contributed by atoms with Crippen LogP contribution in [0.25, 0.3) is 11.3 Å². The van der Waals surface area contributed by atoms with E-state index in [1.807, 2.05) is 25.2 Å². The zero-order chi connectivity index (χ0) is 16.9. The van der Waals surface area contributed by atoms with E-state index < -0.39 is 0 Å². The van der Waals surface area contributed by atoms with Crippen LogP contribution in [0.3, 0.4) is 0 Å². The lowest BCUT2D eigenvalue weighted by molar-refractivity contribution is -0.00000544. The molecule has 134 valence electrons. The Labute approximate surface area is 165 Å². The minimum absolute atomic E-state index is 0. The van der Waals surface area contributed by atoms with Gasteiger partial charge in [0.2, 0.25) is 5.16 Å². The zero-order valence-electron chi connectivity index (χ0n) is 13.2. The van der Waals surface area contributed by atoms with Crippen molar-refractivity contribution in [2.75, 3.05) is 12.3 Å². The van der Waals surface area contributed by atoms with Crippen LogP contribution in [0.15, 0.2) is 39.9 Å². The van der Waals surface area contributed by atoms with Gasteiger partial charge >= 0.3 is 0 Å². The monoisotopic (exact) mass is 418 g/mol. The number of nitrogens with one attached hydrogen (secondary N) is 1. The minimum atomic E-state index is 0. The number of aryl methyl sites for hydroxylation is 1. The van der Waals surface area contributed by atoms with E-state index in [-0.39, 0.29) is 12.4 Å². The number of thioether (sulfide) groups is 1. The SMILES string of the molecule is Cn1nnnc1SCCNCc1ccc(-c2ccc(Cl)cc2Cl)o1.[Cl-]. The van der Waals surface area contributed by atoms with Gasteiger partial charge in [0.25, 0.3) is 0 Å². The van der Waals surface area contributed by atoms with Crippen LogP contribution in [-0.2, 0) is 13.6 Å². The highest BCUT2D eigenvalue weighted by atomic mass is 35.5. The molecule has 0 aliphatic heterocycles. The summed E-state index contributed by atoms with van der Waals surface area (Å²) in [7, 11) is 1.82. The molecular formula is C15H15Cl3N5OS-. The highest BCUT2D eigenvalue weighted by Gasteiger charge is 2.09. The minimum Gasteiger partial charge on any atom is -1.00 e. The third kappa shape index (κ3) is 5.36. The molecule has 0 unspecified atom stereocenters. The quantitative estimate of drug-likeness (QED) is 0.448. The molecule has 0 amide bonds. The van der Waals surface area contributed by atoms with Crippen LogP contribution in [0.1, 0.15) is 5.76 Å². The molecule has 3 aromatic rings. The lowest BCUT2D eigenvalue weighted by Crippen LogP contribution is -3.00. The first-order valence-corrected chi connectivity index (χ1v) is 8.97. The summed E-state index contributed by atoms with van der Waals surface area (Å²) in [4.78, 5) is 0. The van der Waals surface area contributed by atoms with E-state index in [9.17, 15) is 0 Å². The predicted octanol–water partition coefficient (Wildman–Crippen LogP) is 0.663. The Morgan fingerprint density at radius 1 is 1.24 bits per heavy atom. The Balaban J connectivity index is 0.00000225. The molecule has 0 aliphatic carbocycles. The second-order valence-corrected chi connectivity index (χ2v) is 6.91. The van der Waals surface area contributed by atoms with E-state index >= 15 is 0 Å². The molecule has 0 bridgehead atoms. The Hall–Kier alpha value is -1.25. The molecule has 25 heavy (non-hydrogen) atoms. The normalized spacial score (nSPS) is 10.7. The van der Waals surface area contributed by atoms with E-state index in [4.69, 9.17) is 27.6 Å². The maximum atomic E-state index is 6.20. The fraction of sp³-hybridized carbons (Fsp3) is 0.267. The summed E-state index contributed by atoms with van der Waals surface area (Å²) in [6, 6.07) is 9.20. The first-order chi connectivity index (χ1) is 11.6. The number of furan rings is 1. The molecule has 0 saturated heterocycles. The molecule has 6 nitrogen and oxygen atoms in total. The van der Waals surface area contributed by atoms with Gasteiger partial charge in [-0.05, 0) is 40.8 Å². The molecule has 1 N–H and O–H groups in total. The molecule has 0 saturated carbocycles. The summed E-state index contributed by atoms with van der Waals surface area (Å²) < 4.78 is 7.48. The van der Waals surface area contributed by atoms with E-state index in [0.29, 0.717) is 16.6 Å². The van der Waals surface area contributed by atoms with Crippen molar-refractivity contribution in [1.29, 1.82) is 0 Å². The molecule has 0 fully saturated rings. The van der Waals surface area contributed by atoms with Gasteiger partial charge < -0.3 is 22.1 Å². The van der Waals surface area contributed by atoms with E-state index in [1.54, 1.807) is 28.6 Å². The van der Waals surface area contributed by atoms with Gasteiger partial charge in [0, 0.05) is 29.9 Å². The molecule has 3 rings (SSSR count). The van der Waals surface area contributed by atoms with Crippen molar-refractivity contribution in [1.82, 2.24) is 25.5 Å². The summed E-state index contributed by atoms with van der Waals surface area (Å²) in [5.41, 5.74) is 0.831. The summed E-state index contributed by atoms with van der Waals surface area (Å²) in [6.07, 6.45) is 0. The van der Waals surface area contributed by atoms with Crippen molar-refractivity contribution < 1.29 is 16.8 Å². The largest absolute Gasteiger partial charge is 1.00 e. The van der Waals surface area contributed by atoms with Crippen molar-refractivity contribution in [2.45, 2.75) is 11.7 Å². The van der Waals surface area contributed by atoms with Crippen molar-refractivity contribution in [3.8, 4) is 11.3 Å². The van der Waals surface area contributed by atoms with Gasteiger partial charge in [-0.3, -0.25) is 0 Å². The second-order valence-electron chi connectivity index (χ2n) is 5.00. The Morgan fingerprint density at radius 2 is 2.08 bits per heavy atom. The molecule has 0 aliphatic rings. The first kappa shape index (κ1) is 20.1. The maximum Gasteiger partial charge on any atom is 0.209 e. The van der Waals surface area contributed by atoms with Gasteiger partial charge in [0.05, 0.1) is 11.6 Å². The van der Waals surface area contributed by atoms with Gasteiger partial charge in [0.1, 0.15) is 11.5 Å². The average Bonchev–Trinajstić information content (AvgIpc) is 3.17. The lowest BCUT2D eigenvalue weighted by Gasteiger charge is -2.03. The van der Waals surface area contributed by atoms with Gasteiger partial charge in [-0.1, -0.05) is 35.0 Å². The standard InChI is InChI=1S/C15H15Cl2N5OS.ClH/c1-22-15(19-20-21-22)24-7-6-18-9-11-3-5-14(23-11)12-4-2-10(16)8-13(12)17;/h2-5,8,18H,6-7,9H2,1H3;1H/p-1. The summed E-state index contributed by atoms with van der Waals surface area (Å²) in [5.74, 6) is 2.44. The number of benzene rings is 1. The van der Waals surface area contributed by atoms with Crippen LogP contribution in [0, 0.1) is 0 Å². The zero-order valence-corrected chi connectivity index (χ0v) is 16.3. The molecule has 0 atom stereocenters. The Morgan fingerprint density at radius 3 is 2.80 bits per heavy atom. The predicted molar refractivity (Wildman–Crippen MR) is 95.4 cm³/mol. The van der Waals surface area contributed by atoms with Crippen LogP contribution in [0.5, 0.6) is 0 Å².